The number of hydrogen-bond donors (Lipinski definition) is 0. The molecule has 4 rings (SSSR count). The van der Waals surface area contributed by atoms with Gasteiger partial charge in [0, 0.05) is 16.1 Å². The first-order valence-electron chi connectivity index (χ1n) is 10.5. The normalized spacial score (nSPS) is 13.3. The van der Waals surface area contributed by atoms with E-state index in [1.54, 1.807) is 31.3 Å². The second kappa shape index (κ2) is 10.1. The second-order valence-corrected chi connectivity index (χ2v) is 7.90. The number of allylic oxidation sites excluding steroid dienone is 2. The quantitative estimate of drug-likeness (QED) is 0.381. The lowest BCUT2D eigenvalue weighted by molar-refractivity contribution is 0.0519. The summed E-state index contributed by atoms with van der Waals surface area (Å²) in [6, 6.07) is 9.14. The smallest absolute Gasteiger partial charge is 0.358 e. The monoisotopic (exact) mass is 470 g/mol. The summed E-state index contributed by atoms with van der Waals surface area (Å²) in [6.07, 6.45) is 5.33. The molecule has 0 radical (unpaired) electrons. The number of rotatable bonds is 7. The molecule has 0 N–H and O–H groups in total. The van der Waals surface area contributed by atoms with Gasteiger partial charge >= 0.3 is 5.97 Å². The highest BCUT2D eigenvalue weighted by atomic mass is 35.5. The number of carbonyl (C=O) groups is 1. The minimum absolute atomic E-state index is 0.115. The molecule has 0 fully saturated rings. The summed E-state index contributed by atoms with van der Waals surface area (Å²) in [6.45, 7) is 1.83. The SMILES string of the molecule is CCOC(=O)c1cncc(C2=C(c3cc(Cl)ccc3OCc3cccc(F)c3F)CCC2)n1. The van der Waals surface area contributed by atoms with Crippen molar-refractivity contribution in [1.29, 1.82) is 0 Å². The Hall–Kier alpha value is -3.32. The van der Waals surface area contributed by atoms with Crippen LogP contribution in [-0.2, 0) is 11.3 Å². The molecule has 1 heterocycles. The van der Waals surface area contributed by atoms with Crippen LogP contribution in [0, 0.1) is 11.6 Å². The van der Waals surface area contributed by atoms with Crippen molar-refractivity contribution in [3.05, 3.63) is 88.0 Å². The van der Waals surface area contributed by atoms with Gasteiger partial charge in [0.15, 0.2) is 17.3 Å². The number of ether oxygens (including phenoxy) is 2. The highest BCUT2D eigenvalue weighted by Gasteiger charge is 2.23. The zero-order valence-electron chi connectivity index (χ0n) is 17.9. The lowest BCUT2D eigenvalue weighted by atomic mass is 9.99. The van der Waals surface area contributed by atoms with Crippen LogP contribution in [0.1, 0.15) is 53.5 Å². The van der Waals surface area contributed by atoms with E-state index in [1.165, 1.54) is 18.3 Å². The molecule has 0 bridgehead atoms. The van der Waals surface area contributed by atoms with E-state index in [9.17, 15) is 13.6 Å². The van der Waals surface area contributed by atoms with Crippen LogP contribution in [0.2, 0.25) is 5.02 Å². The maximum absolute atomic E-state index is 14.1. The van der Waals surface area contributed by atoms with Crippen LogP contribution < -0.4 is 4.74 Å². The van der Waals surface area contributed by atoms with E-state index in [0.717, 1.165) is 42.0 Å². The average molecular weight is 471 g/mol. The fraction of sp³-hybridized carbons (Fsp3) is 0.240. The van der Waals surface area contributed by atoms with Gasteiger partial charge in [-0.3, -0.25) is 4.98 Å². The van der Waals surface area contributed by atoms with E-state index >= 15 is 0 Å². The summed E-state index contributed by atoms with van der Waals surface area (Å²) in [4.78, 5) is 20.7. The summed E-state index contributed by atoms with van der Waals surface area (Å²) in [5.41, 5.74) is 3.47. The molecule has 1 aromatic heterocycles. The number of halogens is 3. The van der Waals surface area contributed by atoms with Crippen LogP contribution >= 0.6 is 11.6 Å². The molecule has 0 saturated carbocycles. The molecule has 2 aromatic carbocycles. The Morgan fingerprint density at radius 2 is 1.94 bits per heavy atom. The Kier molecular flexibility index (Phi) is 6.99. The van der Waals surface area contributed by atoms with Crippen LogP contribution in [-0.4, -0.2) is 22.5 Å². The highest BCUT2D eigenvalue weighted by molar-refractivity contribution is 6.30. The number of carbonyl (C=O) groups excluding carboxylic acids is 1. The fourth-order valence-corrected chi connectivity index (χ4v) is 3.99. The van der Waals surface area contributed by atoms with Gasteiger partial charge in [-0.25, -0.2) is 18.6 Å². The molecule has 0 atom stereocenters. The topological polar surface area (TPSA) is 61.3 Å². The third-order valence-electron chi connectivity index (χ3n) is 5.33. The highest BCUT2D eigenvalue weighted by Crippen LogP contribution is 2.43. The number of esters is 1. The van der Waals surface area contributed by atoms with Crippen molar-refractivity contribution < 1.29 is 23.0 Å². The van der Waals surface area contributed by atoms with Crippen molar-refractivity contribution in [3.63, 3.8) is 0 Å². The summed E-state index contributed by atoms with van der Waals surface area (Å²) in [5, 5.41) is 0.513. The Balaban J connectivity index is 1.70. The molecule has 0 unspecified atom stereocenters. The van der Waals surface area contributed by atoms with Crippen LogP contribution in [0.3, 0.4) is 0 Å². The largest absolute Gasteiger partial charge is 0.488 e. The van der Waals surface area contributed by atoms with Crippen LogP contribution in [0.5, 0.6) is 5.75 Å². The number of aromatic nitrogens is 2. The van der Waals surface area contributed by atoms with Gasteiger partial charge < -0.3 is 9.47 Å². The lowest BCUT2D eigenvalue weighted by Crippen LogP contribution is -2.09. The minimum Gasteiger partial charge on any atom is -0.488 e. The molecule has 33 heavy (non-hydrogen) atoms. The molecule has 5 nitrogen and oxygen atoms in total. The summed E-state index contributed by atoms with van der Waals surface area (Å²) in [7, 11) is 0. The van der Waals surface area contributed by atoms with Gasteiger partial charge in [0.2, 0.25) is 0 Å². The van der Waals surface area contributed by atoms with Gasteiger partial charge in [0.25, 0.3) is 0 Å². The van der Waals surface area contributed by atoms with Crippen molar-refractivity contribution in [3.8, 4) is 5.75 Å². The molecule has 3 aromatic rings. The van der Waals surface area contributed by atoms with E-state index < -0.39 is 17.6 Å². The van der Waals surface area contributed by atoms with Crippen molar-refractivity contribution in [1.82, 2.24) is 9.97 Å². The molecular weight excluding hydrogens is 450 g/mol. The fourth-order valence-electron chi connectivity index (χ4n) is 3.82. The zero-order valence-corrected chi connectivity index (χ0v) is 18.7. The molecule has 0 amide bonds. The van der Waals surface area contributed by atoms with Gasteiger partial charge in [0.1, 0.15) is 12.4 Å². The van der Waals surface area contributed by atoms with Crippen molar-refractivity contribution in [2.45, 2.75) is 32.8 Å². The number of benzene rings is 2. The Morgan fingerprint density at radius 3 is 2.76 bits per heavy atom. The van der Waals surface area contributed by atoms with E-state index in [4.69, 9.17) is 21.1 Å². The zero-order chi connectivity index (χ0) is 23.4. The summed E-state index contributed by atoms with van der Waals surface area (Å²) in [5.74, 6) is -1.89. The first-order chi connectivity index (χ1) is 16.0. The molecule has 0 spiro atoms. The predicted octanol–water partition coefficient (Wildman–Crippen LogP) is 6.26. The second-order valence-electron chi connectivity index (χ2n) is 7.46. The first kappa shape index (κ1) is 22.9. The maximum atomic E-state index is 14.1. The standard InChI is InChI=1S/C25H21ClF2N2O3/c1-2-32-25(31)22-13-29-12-21(30-22)18-7-4-6-17(18)19-11-16(26)9-10-23(19)33-14-15-5-3-8-20(27)24(15)28/h3,5,8-13H,2,4,6-7,14H2,1H3. The Morgan fingerprint density at radius 1 is 1.12 bits per heavy atom. The third kappa shape index (κ3) is 5.03. The van der Waals surface area contributed by atoms with E-state index in [0.29, 0.717) is 16.5 Å². The van der Waals surface area contributed by atoms with Gasteiger partial charge in [-0.1, -0.05) is 23.7 Å². The average Bonchev–Trinajstić information content (AvgIpc) is 3.31. The Bertz CT molecular complexity index is 1230. The Labute approximate surface area is 195 Å². The van der Waals surface area contributed by atoms with Gasteiger partial charge in [0.05, 0.1) is 24.7 Å². The van der Waals surface area contributed by atoms with Crippen molar-refractivity contribution in [2.75, 3.05) is 6.61 Å². The lowest BCUT2D eigenvalue weighted by Gasteiger charge is -2.15. The van der Waals surface area contributed by atoms with Crippen LogP contribution in [0.4, 0.5) is 8.78 Å². The van der Waals surface area contributed by atoms with E-state index in [2.05, 4.69) is 9.97 Å². The minimum atomic E-state index is -0.931. The van der Waals surface area contributed by atoms with E-state index in [1.807, 2.05) is 0 Å². The maximum Gasteiger partial charge on any atom is 0.358 e. The number of nitrogens with zero attached hydrogens (tertiary/aromatic N) is 2. The third-order valence-corrected chi connectivity index (χ3v) is 5.56. The molecule has 170 valence electrons. The van der Waals surface area contributed by atoms with Crippen LogP contribution in [0.15, 0.2) is 48.8 Å². The van der Waals surface area contributed by atoms with Crippen molar-refractivity contribution in [2.24, 2.45) is 0 Å². The van der Waals surface area contributed by atoms with Crippen LogP contribution in [0.25, 0.3) is 11.1 Å². The first-order valence-corrected chi connectivity index (χ1v) is 10.9. The summed E-state index contributed by atoms with van der Waals surface area (Å²) < 4.78 is 38.6. The van der Waals surface area contributed by atoms with E-state index in [-0.39, 0.29) is 24.5 Å². The molecule has 1 aliphatic carbocycles. The van der Waals surface area contributed by atoms with Crippen molar-refractivity contribution >= 4 is 28.7 Å². The molecule has 8 heteroatoms. The predicted molar refractivity (Wildman–Crippen MR) is 121 cm³/mol. The summed E-state index contributed by atoms with van der Waals surface area (Å²) >= 11 is 6.28. The molecule has 0 aliphatic heterocycles. The number of hydrogen-bond acceptors (Lipinski definition) is 5. The van der Waals surface area contributed by atoms with Gasteiger partial charge in [-0.2, -0.15) is 0 Å². The molecule has 0 saturated heterocycles. The van der Waals surface area contributed by atoms with Gasteiger partial charge in [-0.05, 0) is 61.6 Å². The molecular formula is C25H21ClF2N2O3. The molecule has 1 aliphatic rings. The van der Waals surface area contributed by atoms with Gasteiger partial charge in [-0.15, -0.1) is 0 Å².